The number of hydrogen-bond acceptors (Lipinski definition) is 4. The zero-order valence-electron chi connectivity index (χ0n) is 17.4. The van der Waals surface area contributed by atoms with Gasteiger partial charge in [0.05, 0.1) is 30.5 Å². The first-order valence-corrected chi connectivity index (χ1v) is 9.83. The molecule has 0 amide bonds. The van der Waals surface area contributed by atoms with Gasteiger partial charge in [-0.25, -0.2) is 4.98 Å². The molecule has 6 nitrogen and oxygen atoms in total. The van der Waals surface area contributed by atoms with E-state index >= 15 is 0 Å². The first-order valence-electron chi connectivity index (χ1n) is 9.83. The van der Waals surface area contributed by atoms with E-state index < -0.39 is 0 Å². The van der Waals surface area contributed by atoms with Crippen molar-refractivity contribution in [2.45, 2.75) is 26.8 Å². The highest BCUT2D eigenvalue weighted by Crippen LogP contribution is 2.32. The number of fused-ring (bicyclic) bond motifs is 2. The standard InChI is InChI=1S/C23H25N3O3/c1-6-14-11-15-21(28)19(23-24-17-9-7-8-10-18(17)26(23)5)13(2)29-22(15)16(20(14)27)12-25(3)4/h7-11,27H,6,12H2,1-5H3. The minimum atomic E-state index is -0.146. The van der Waals surface area contributed by atoms with Gasteiger partial charge in [0.15, 0.2) is 0 Å². The average Bonchev–Trinajstić information content (AvgIpc) is 3.01. The van der Waals surface area contributed by atoms with Gasteiger partial charge in [0.2, 0.25) is 5.43 Å². The quantitative estimate of drug-likeness (QED) is 0.577. The Morgan fingerprint density at radius 3 is 2.62 bits per heavy atom. The van der Waals surface area contributed by atoms with E-state index in [-0.39, 0.29) is 11.2 Å². The molecule has 0 atom stereocenters. The van der Waals surface area contributed by atoms with Gasteiger partial charge < -0.3 is 19.0 Å². The second-order valence-electron chi connectivity index (χ2n) is 7.80. The summed E-state index contributed by atoms with van der Waals surface area (Å²) in [5.41, 5.74) is 3.68. The third-order valence-electron chi connectivity index (χ3n) is 5.40. The summed E-state index contributed by atoms with van der Waals surface area (Å²) >= 11 is 0. The van der Waals surface area contributed by atoms with Gasteiger partial charge in [0.25, 0.3) is 0 Å². The normalized spacial score (nSPS) is 11.8. The summed E-state index contributed by atoms with van der Waals surface area (Å²) < 4.78 is 8.04. The summed E-state index contributed by atoms with van der Waals surface area (Å²) in [6.45, 7) is 4.19. The zero-order valence-corrected chi connectivity index (χ0v) is 17.4. The Bertz CT molecular complexity index is 1300. The summed E-state index contributed by atoms with van der Waals surface area (Å²) in [6.07, 6.45) is 0.569. The lowest BCUT2D eigenvalue weighted by atomic mass is 10.00. The molecule has 0 radical (unpaired) electrons. The molecule has 2 aromatic carbocycles. The Balaban J connectivity index is 2.08. The number of hydrogen-bond donors (Lipinski definition) is 1. The lowest BCUT2D eigenvalue weighted by Crippen LogP contribution is -3.04. The molecular weight excluding hydrogens is 366 g/mol. The molecule has 0 fully saturated rings. The van der Waals surface area contributed by atoms with E-state index in [0.717, 1.165) is 15.9 Å². The Morgan fingerprint density at radius 1 is 1.24 bits per heavy atom. The number of benzene rings is 2. The molecule has 0 bridgehead atoms. The predicted molar refractivity (Wildman–Crippen MR) is 112 cm³/mol. The van der Waals surface area contributed by atoms with Crippen LogP contribution < -0.4 is 15.4 Å². The van der Waals surface area contributed by atoms with Gasteiger partial charge in [-0.1, -0.05) is 30.4 Å². The average molecular weight is 391 g/mol. The fourth-order valence-corrected chi connectivity index (χ4v) is 3.95. The van der Waals surface area contributed by atoms with Crippen LogP contribution in [-0.2, 0) is 20.0 Å². The van der Waals surface area contributed by atoms with Crippen LogP contribution in [0.2, 0.25) is 0 Å². The van der Waals surface area contributed by atoms with Crippen LogP contribution in [0, 0.1) is 6.92 Å². The molecular formula is C23H25N3O3. The van der Waals surface area contributed by atoms with Crippen LogP contribution >= 0.6 is 0 Å². The highest BCUT2D eigenvalue weighted by atomic mass is 16.3. The van der Waals surface area contributed by atoms with Crippen molar-refractivity contribution in [1.29, 1.82) is 0 Å². The lowest BCUT2D eigenvalue weighted by Gasteiger charge is -2.21. The van der Waals surface area contributed by atoms with Gasteiger partial charge in [-0.2, -0.15) is 0 Å². The molecule has 1 N–H and O–H groups in total. The van der Waals surface area contributed by atoms with Crippen LogP contribution in [-0.4, -0.2) is 23.6 Å². The molecule has 0 aliphatic rings. The van der Waals surface area contributed by atoms with Crippen molar-refractivity contribution >= 4 is 22.0 Å². The van der Waals surface area contributed by atoms with Crippen LogP contribution in [0.3, 0.4) is 0 Å². The van der Waals surface area contributed by atoms with E-state index in [1.54, 1.807) is 13.0 Å². The third-order valence-corrected chi connectivity index (χ3v) is 5.40. The Kier molecular flexibility index (Phi) is 4.67. The van der Waals surface area contributed by atoms with Crippen molar-refractivity contribution in [3.63, 3.8) is 0 Å². The van der Waals surface area contributed by atoms with E-state index in [9.17, 15) is 9.90 Å². The lowest BCUT2D eigenvalue weighted by molar-refractivity contribution is -0.872. The van der Waals surface area contributed by atoms with E-state index in [2.05, 4.69) is 4.98 Å². The topological polar surface area (TPSA) is 75.5 Å². The third kappa shape index (κ3) is 3.00. The number of rotatable bonds is 4. The number of imidazole rings is 1. The van der Waals surface area contributed by atoms with Crippen molar-refractivity contribution in [3.05, 3.63) is 57.4 Å². The monoisotopic (exact) mass is 391 g/mol. The minimum Gasteiger partial charge on any atom is -0.872 e. The van der Waals surface area contributed by atoms with Crippen LogP contribution in [0.5, 0.6) is 5.75 Å². The maximum Gasteiger partial charge on any atom is 0.203 e. The Morgan fingerprint density at radius 2 is 1.97 bits per heavy atom. The molecule has 4 aromatic rings. The van der Waals surface area contributed by atoms with E-state index in [1.807, 2.05) is 56.9 Å². The number of aromatic nitrogens is 2. The number of nitrogens with zero attached hydrogens (tertiary/aromatic N) is 2. The molecule has 0 spiro atoms. The van der Waals surface area contributed by atoms with Gasteiger partial charge in [-0.15, -0.1) is 0 Å². The van der Waals surface area contributed by atoms with Crippen LogP contribution in [0.1, 0.15) is 23.8 Å². The molecule has 2 aromatic heterocycles. The number of quaternary nitrogens is 1. The first kappa shape index (κ1) is 19.2. The molecule has 0 saturated carbocycles. The van der Waals surface area contributed by atoms with Crippen LogP contribution in [0.4, 0.5) is 0 Å². The van der Waals surface area contributed by atoms with Gasteiger partial charge in [0, 0.05) is 12.6 Å². The summed E-state index contributed by atoms with van der Waals surface area (Å²) in [7, 11) is 5.85. The maximum absolute atomic E-state index is 13.6. The van der Waals surface area contributed by atoms with Crippen molar-refractivity contribution in [2.24, 2.45) is 7.05 Å². The van der Waals surface area contributed by atoms with Crippen molar-refractivity contribution in [1.82, 2.24) is 9.55 Å². The predicted octanol–water partition coefficient (Wildman–Crippen LogP) is 1.94. The van der Waals surface area contributed by atoms with E-state index in [0.29, 0.717) is 52.2 Å². The Hall–Kier alpha value is -3.12. The van der Waals surface area contributed by atoms with Crippen LogP contribution in [0.15, 0.2) is 39.5 Å². The van der Waals surface area contributed by atoms with E-state index in [4.69, 9.17) is 4.42 Å². The first-order chi connectivity index (χ1) is 13.8. The summed E-state index contributed by atoms with van der Waals surface area (Å²) in [5, 5.41) is 13.4. The summed E-state index contributed by atoms with van der Waals surface area (Å²) in [6, 6.07) is 9.47. The largest absolute Gasteiger partial charge is 0.872 e. The molecule has 29 heavy (non-hydrogen) atoms. The second kappa shape index (κ2) is 7.04. The van der Waals surface area contributed by atoms with Gasteiger partial charge in [0.1, 0.15) is 29.3 Å². The molecule has 0 saturated heterocycles. The molecule has 4 rings (SSSR count). The smallest absolute Gasteiger partial charge is 0.203 e. The van der Waals surface area contributed by atoms with Crippen LogP contribution in [0.25, 0.3) is 33.4 Å². The maximum atomic E-state index is 13.6. The summed E-state index contributed by atoms with van der Waals surface area (Å²) in [5.74, 6) is 1.02. The number of para-hydroxylation sites is 2. The molecule has 2 heterocycles. The summed E-state index contributed by atoms with van der Waals surface area (Å²) in [4.78, 5) is 19.3. The highest BCUT2D eigenvalue weighted by Gasteiger charge is 2.22. The molecule has 0 aliphatic carbocycles. The molecule has 150 valence electrons. The minimum absolute atomic E-state index is 0.0285. The second-order valence-corrected chi connectivity index (χ2v) is 7.80. The van der Waals surface area contributed by atoms with Crippen molar-refractivity contribution in [3.8, 4) is 17.1 Å². The Labute approximate surface area is 169 Å². The molecule has 0 aliphatic heterocycles. The van der Waals surface area contributed by atoms with Gasteiger partial charge >= 0.3 is 0 Å². The zero-order chi connectivity index (χ0) is 20.9. The molecule has 6 heteroatoms. The van der Waals surface area contributed by atoms with Gasteiger partial charge in [-0.3, -0.25) is 4.79 Å². The fourth-order valence-electron chi connectivity index (χ4n) is 3.95. The van der Waals surface area contributed by atoms with Gasteiger partial charge in [-0.05, 0) is 31.5 Å². The highest BCUT2D eigenvalue weighted by molar-refractivity contribution is 5.88. The molecule has 0 unspecified atom stereocenters. The number of nitrogens with one attached hydrogen (secondary N) is 1. The SMILES string of the molecule is CCc1cc2c(=O)c(-c3nc4ccccc4n3C)c(C)oc2c(C[NH+](C)C)c1[O-]. The number of aryl methyl sites for hydroxylation is 3. The van der Waals surface area contributed by atoms with Crippen molar-refractivity contribution < 1.29 is 14.4 Å². The van der Waals surface area contributed by atoms with E-state index in [1.165, 1.54) is 0 Å². The fraction of sp³-hybridized carbons (Fsp3) is 0.304. The van der Waals surface area contributed by atoms with Crippen molar-refractivity contribution in [2.75, 3.05) is 14.1 Å².